The largest absolute Gasteiger partial charge is 0.340 e. The molecule has 0 aromatic heterocycles. The predicted molar refractivity (Wildman–Crippen MR) is 61.4 cm³/mol. The number of anilines is 1. The number of carbonyl (C=O) groups excluding carboxylic acids is 2. The molecule has 0 radical (unpaired) electrons. The summed E-state index contributed by atoms with van der Waals surface area (Å²) in [7, 11) is 0. The van der Waals surface area contributed by atoms with E-state index in [4.69, 9.17) is 0 Å². The number of hydrogen-bond acceptors (Lipinski definition) is 2. The molecule has 4 nitrogen and oxygen atoms in total. The number of nitrogens with one attached hydrogen (secondary N) is 1. The third kappa shape index (κ3) is 1.56. The zero-order valence-corrected chi connectivity index (χ0v) is 9.36. The fourth-order valence-corrected chi connectivity index (χ4v) is 1.92. The van der Waals surface area contributed by atoms with Crippen LogP contribution < -0.4 is 10.2 Å². The second-order valence-corrected chi connectivity index (χ2v) is 3.79. The van der Waals surface area contributed by atoms with E-state index in [0.29, 0.717) is 17.8 Å². The smallest absolute Gasteiger partial charge is 0.254 e. The summed E-state index contributed by atoms with van der Waals surface area (Å²) in [5, 5.41) is 2.68. The van der Waals surface area contributed by atoms with Crippen molar-refractivity contribution < 1.29 is 9.59 Å². The molecule has 2 rings (SSSR count). The van der Waals surface area contributed by atoms with Crippen LogP contribution in [0.25, 0.3) is 0 Å². The molecule has 0 aliphatic carbocycles. The van der Waals surface area contributed by atoms with Gasteiger partial charge < -0.3 is 10.2 Å². The first kappa shape index (κ1) is 10.7. The molecule has 1 aromatic carbocycles. The molecule has 4 heteroatoms. The monoisotopic (exact) mass is 218 g/mol. The quantitative estimate of drug-likeness (QED) is 0.769. The number of amides is 2. The van der Waals surface area contributed by atoms with E-state index in [2.05, 4.69) is 5.32 Å². The van der Waals surface area contributed by atoms with Gasteiger partial charge in [-0.2, -0.15) is 0 Å². The Morgan fingerprint density at radius 1 is 1.31 bits per heavy atom. The highest BCUT2D eigenvalue weighted by Gasteiger charge is 2.29. The van der Waals surface area contributed by atoms with Crippen LogP contribution in [0.3, 0.4) is 0 Å². The Morgan fingerprint density at radius 3 is 2.69 bits per heavy atom. The number of benzene rings is 1. The van der Waals surface area contributed by atoms with Gasteiger partial charge in [-0.3, -0.25) is 9.59 Å². The lowest BCUT2D eigenvalue weighted by Gasteiger charge is -2.21. The van der Waals surface area contributed by atoms with Gasteiger partial charge >= 0.3 is 0 Å². The first-order valence-corrected chi connectivity index (χ1v) is 5.36. The van der Waals surface area contributed by atoms with Crippen molar-refractivity contribution in [1.82, 2.24) is 5.32 Å². The topological polar surface area (TPSA) is 49.4 Å². The Balaban J connectivity index is 2.57. The van der Waals surface area contributed by atoms with Crippen LogP contribution in [-0.2, 0) is 4.79 Å². The van der Waals surface area contributed by atoms with E-state index in [9.17, 15) is 9.59 Å². The molecule has 84 valence electrons. The Kier molecular flexibility index (Phi) is 2.64. The molecule has 1 N–H and O–H groups in total. The summed E-state index contributed by atoms with van der Waals surface area (Å²) in [6, 6.07) is 6.69. The van der Waals surface area contributed by atoms with Gasteiger partial charge in [-0.1, -0.05) is 12.1 Å². The SMILES string of the molecule is CCN1C(=O)C(C)NC(=O)c2ccccc21. The van der Waals surface area contributed by atoms with Crippen LogP contribution in [0.15, 0.2) is 24.3 Å². The number of nitrogens with zero attached hydrogens (tertiary/aromatic N) is 1. The van der Waals surface area contributed by atoms with Gasteiger partial charge in [-0.15, -0.1) is 0 Å². The number of likely N-dealkylation sites (N-methyl/N-ethyl adjacent to an activating group) is 1. The number of rotatable bonds is 1. The Labute approximate surface area is 94.2 Å². The summed E-state index contributed by atoms with van der Waals surface area (Å²) in [5.74, 6) is -0.256. The second-order valence-electron chi connectivity index (χ2n) is 3.79. The summed E-state index contributed by atoms with van der Waals surface area (Å²) >= 11 is 0. The predicted octanol–water partition coefficient (Wildman–Crippen LogP) is 1.17. The van der Waals surface area contributed by atoms with Crippen molar-refractivity contribution in [2.24, 2.45) is 0 Å². The van der Waals surface area contributed by atoms with E-state index in [1.165, 1.54) is 0 Å². The lowest BCUT2D eigenvalue weighted by Crippen LogP contribution is -2.43. The number of hydrogen-bond donors (Lipinski definition) is 1. The minimum atomic E-state index is -0.472. The van der Waals surface area contributed by atoms with E-state index in [1.807, 2.05) is 13.0 Å². The second kappa shape index (κ2) is 3.96. The van der Waals surface area contributed by atoms with Gasteiger partial charge in [0.25, 0.3) is 5.91 Å². The molecule has 0 saturated heterocycles. The Bertz CT molecular complexity index is 442. The molecular weight excluding hydrogens is 204 g/mol. The average molecular weight is 218 g/mol. The fourth-order valence-electron chi connectivity index (χ4n) is 1.92. The minimum absolute atomic E-state index is 0.0687. The molecular formula is C12H14N2O2. The van der Waals surface area contributed by atoms with Crippen LogP contribution in [0.5, 0.6) is 0 Å². The summed E-state index contributed by atoms with van der Waals surface area (Å²) in [6.07, 6.45) is 0. The molecule has 1 atom stereocenters. The minimum Gasteiger partial charge on any atom is -0.340 e. The van der Waals surface area contributed by atoms with Gasteiger partial charge in [-0.05, 0) is 26.0 Å². The van der Waals surface area contributed by atoms with Crippen LogP contribution in [0.2, 0.25) is 0 Å². The van der Waals surface area contributed by atoms with E-state index in [-0.39, 0.29) is 11.8 Å². The van der Waals surface area contributed by atoms with Crippen molar-refractivity contribution in [2.45, 2.75) is 19.9 Å². The Morgan fingerprint density at radius 2 is 2.00 bits per heavy atom. The summed E-state index contributed by atoms with van der Waals surface area (Å²) < 4.78 is 0. The maximum atomic E-state index is 12.0. The van der Waals surface area contributed by atoms with Crippen molar-refractivity contribution in [1.29, 1.82) is 0 Å². The van der Waals surface area contributed by atoms with Crippen molar-refractivity contribution in [2.75, 3.05) is 11.4 Å². The van der Waals surface area contributed by atoms with Gasteiger partial charge in [0, 0.05) is 6.54 Å². The molecule has 0 fully saturated rings. The molecule has 1 unspecified atom stereocenters. The first-order chi connectivity index (χ1) is 7.65. The van der Waals surface area contributed by atoms with Gasteiger partial charge in [0.1, 0.15) is 6.04 Å². The van der Waals surface area contributed by atoms with Gasteiger partial charge in [0.2, 0.25) is 5.91 Å². The van der Waals surface area contributed by atoms with E-state index in [0.717, 1.165) is 0 Å². The summed E-state index contributed by atoms with van der Waals surface area (Å²) in [4.78, 5) is 25.5. The molecule has 1 aliphatic rings. The standard InChI is InChI=1S/C12H14N2O2/c1-3-14-10-7-5-4-6-9(10)11(15)13-8(2)12(14)16/h4-8H,3H2,1-2H3,(H,13,15). The molecule has 0 spiro atoms. The van der Waals surface area contributed by atoms with Crippen molar-refractivity contribution in [3.05, 3.63) is 29.8 Å². The normalized spacial score (nSPS) is 20.1. The highest BCUT2D eigenvalue weighted by atomic mass is 16.2. The summed E-state index contributed by atoms with van der Waals surface area (Å²) in [5.41, 5.74) is 1.25. The maximum absolute atomic E-state index is 12.0. The fraction of sp³-hybridized carbons (Fsp3) is 0.333. The highest BCUT2D eigenvalue weighted by Crippen LogP contribution is 2.23. The summed E-state index contributed by atoms with van der Waals surface area (Å²) in [6.45, 7) is 4.17. The number of fused-ring (bicyclic) bond motifs is 1. The zero-order chi connectivity index (χ0) is 11.7. The molecule has 1 aliphatic heterocycles. The maximum Gasteiger partial charge on any atom is 0.254 e. The molecule has 16 heavy (non-hydrogen) atoms. The third-order valence-electron chi connectivity index (χ3n) is 2.74. The van der Waals surface area contributed by atoms with Crippen LogP contribution in [0, 0.1) is 0 Å². The zero-order valence-electron chi connectivity index (χ0n) is 9.36. The van der Waals surface area contributed by atoms with Crippen LogP contribution in [-0.4, -0.2) is 24.4 Å². The highest BCUT2D eigenvalue weighted by molar-refractivity contribution is 6.10. The molecule has 0 saturated carbocycles. The number of carbonyl (C=O) groups is 2. The van der Waals surface area contributed by atoms with Crippen LogP contribution in [0.4, 0.5) is 5.69 Å². The average Bonchev–Trinajstić information content (AvgIpc) is 2.37. The third-order valence-corrected chi connectivity index (χ3v) is 2.74. The number of para-hydroxylation sites is 1. The molecule has 1 heterocycles. The van der Waals surface area contributed by atoms with Gasteiger partial charge in [0.15, 0.2) is 0 Å². The molecule has 1 aromatic rings. The van der Waals surface area contributed by atoms with Gasteiger partial charge in [0.05, 0.1) is 11.3 Å². The first-order valence-electron chi connectivity index (χ1n) is 5.36. The van der Waals surface area contributed by atoms with E-state index < -0.39 is 6.04 Å². The lowest BCUT2D eigenvalue weighted by atomic mass is 10.1. The van der Waals surface area contributed by atoms with Crippen molar-refractivity contribution >= 4 is 17.5 Å². The lowest BCUT2D eigenvalue weighted by molar-refractivity contribution is -0.119. The molecule has 0 bridgehead atoms. The Hall–Kier alpha value is -1.84. The van der Waals surface area contributed by atoms with Crippen molar-refractivity contribution in [3.63, 3.8) is 0 Å². The van der Waals surface area contributed by atoms with Crippen LogP contribution >= 0.6 is 0 Å². The van der Waals surface area contributed by atoms with Crippen molar-refractivity contribution in [3.8, 4) is 0 Å². The van der Waals surface area contributed by atoms with Gasteiger partial charge in [-0.25, -0.2) is 0 Å². The van der Waals surface area contributed by atoms with Crippen LogP contribution in [0.1, 0.15) is 24.2 Å². The van der Waals surface area contributed by atoms with E-state index in [1.54, 1.807) is 30.0 Å². The molecule has 2 amide bonds. The van der Waals surface area contributed by atoms with E-state index >= 15 is 0 Å².